The van der Waals surface area contributed by atoms with Crippen molar-refractivity contribution in [3.63, 3.8) is 0 Å². The lowest BCUT2D eigenvalue weighted by Crippen LogP contribution is -2.49. The molecule has 26 heavy (non-hydrogen) atoms. The fraction of sp³-hybridized carbons (Fsp3) is 0.737. The van der Waals surface area contributed by atoms with Gasteiger partial charge in [-0.1, -0.05) is 6.92 Å². The first kappa shape index (κ1) is 18.7. The van der Waals surface area contributed by atoms with Crippen LogP contribution in [0.3, 0.4) is 0 Å². The van der Waals surface area contributed by atoms with Crippen molar-refractivity contribution in [2.75, 3.05) is 49.1 Å². The summed E-state index contributed by atoms with van der Waals surface area (Å²) in [5.74, 6) is 1.83. The van der Waals surface area contributed by atoms with E-state index in [1.165, 1.54) is 19.3 Å². The van der Waals surface area contributed by atoms with Gasteiger partial charge in [-0.25, -0.2) is 9.78 Å². The number of carbonyl (C=O) groups excluding carboxylic acids is 1. The van der Waals surface area contributed by atoms with E-state index in [0.717, 1.165) is 43.5 Å². The van der Waals surface area contributed by atoms with Crippen molar-refractivity contribution in [1.29, 1.82) is 0 Å². The Bertz CT molecular complexity index is 616. The predicted molar refractivity (Wildman–Crippen MR) is 103 cm³/mol. The van der Waals surface area contributed by atoms with Gasteiger partial charge in [0.05, 0.1) is 6.61 Å². The molecule has 0 aliphatic carbocycles. The third-order valence-corrected chi connectivity index (χ3v) is 5.31. The normalized spacial score (nSPS) is 21.0. The molecular weight excluding hydrogens is 330 g/mol. The van der Waals surface area contributed by atoms with Gasteiger partial charge in [0.2, 0.25) is 5.95 Å². The van der Waals surface area contributed by atoms with E-state index in [2.05, 4.69) is 27.8 Å². The van der Waals surface area contributed by atoms with Crippen molar-refractivity contribution in [2.24, 2.45) is 0 Å². The maximum absolute atomic E-state index is 11.9. The van der Waals surface area contributed by atoms with Crippen LogP contribution in [0.1, 0.15) is 45.2 Å². The van der Waals surface area contributed by atoms with Crippen molar-refractivity contribution in [2.45, 2.75) is 52.5 Å². The van der Waals surface area contributed by atoms with Crippen LogP contribution < -0.4 is 9.80 Å². The molecule has 1 unspecified atom stereocenters. The average Bonchev–Trinajstić information content (AvgIpc) is 2.67. The van der Waals surface area contributed by atoms with Crippen LogP contribution in [0.4, 0.5) is 16.6 Å². The number of carbonyl (C=O) groups is 1. The van der Waals surface area contributed by atoms with E-state index in [1.54, 1.807) is 4.90 Å². The van der Waals surface area contributed by atoms with Crippen LogP contribution in [0.2, 0.25) is 0 Å². The highest BCUT2D eigenvalue weighted by molar-refractivity contribution is 5.68. The number of amides is 1. The average molecular weight is 361 g/mol. The van der Waals surface area contributed by atoms with Crippen molar-refractivity contribution in [3.8, 4) is 0 Å². The summed E-state index contributed by atoms with van der Waals surface area (Å²) in [5.41, 5.74) is 0.998. The smallest absolute Gasteiger partial charge is 0.409 e. The summed E-state index contributed by atoms with van der Waals surface area (Å²) < 4.78 is 5.09. The number of piperazine rings is 1. The molecule has 1 atom stereocenters. The van der Waals surface area contributed by atoms with E-state index in [1.807, 2.05) is 13.8 Å². The molecule has 7 nitrogen and oxygen atoms in total. The molecule has 0 saturated carbocycles. The second-order valence-corrected chi connectivity index (χ2v) is 7.09. The minimum absolute atomic E-state index is 0.225. The monoisotopic (exact) mass is 361 g/mol. The number of rotatable bonds is 4. The lowest BCUT2D eigenvalue weighted by atomic mass is 10.00. The van der Waals surface area contributed by atoms with Crippen LogP contribution in [0.15, 0.2) is 6.07 Å². The number of piperidine rings is 1. The predicted octanol–water partition coefficient (Wildman–Crippen LogP) is 2.83. The zero-order valence-corrected chi connectivity index (χ0v) is 16.3. The van der Waals surface area contributed by atoms with Gasteiger partial charge >= 0.3 is 6.09 Å². The molecule has 2 aliphatic heterocycles. The molecule has 3 rings (SSSR count). The van der Waals surface area contributed by atoms with Crippen molar-refractivity contribution in [3.05, 3.63) is 11.8 Å². The molecule has 2 saturated heterocycles. The lowest BCUT2D eigenvalue weighted by Gasteiger charge is -2.37. The Kier molecular flexibility index (Phi) is 6.16. The highest BCUT2D eigenvalue weighted by atomic mass is 16.6. The van der Waals surface area contributed by atoms with Gasteiger partial charge in [-0.2, -0.15) is 4.98 Å². The Morgan fingerprint density at radius 1 is 1.15 bits per heavy atom. The standard InChI is InChI=1S/C19H31N5O2/c1-4-16-8-6-7-9-24(16)17-14-15(3)20-18(21-17)22-10-12-23(13-11-22)19(25)26-5-2/h14,16H,4-13H2,1-3H3. The summed E-state index contributed by atoms with van der Waals surface area (Å²) >= 11 is 0. The van der Waals surface area contributed by atoms with Crippen molar-refractivity contribution in [1.82, 2.24) is 14.9 Å². The van der Waals surface area contributed by atoms with E-state index < -0.39 is 0 Å². The summed E-state index contributed by atoms with van der Waals surface area (Å²) in [6, 6.07) is 2.68. The lowest BCUT2D eigenvalue weighted by molar-refractivity contribution is 0.105. The van der Waals surface area contributed by atoms with Crippen molar-refractivity contribution >= 4 is 17.9 Å². The Morgan fingerprint density at radius 2 is 1.92 bits per heavy atom. The summed E-state index contributed by atoms with van der Waals surface area (Å²) in [5, 5.41) is 0. The molecule has 2 aliphatic rings. The van der Waals surface area contributed by atoms with E-state index in [-0.39, 0.29) is 6.09 Å². The van der Waals surface area contributed by atoms with Crippen LogP contribution in [-0.2, 0) is 4.74 Å². The number of hydrogen-bond donors (Lipinski definition) is 0. The largest absolute Gasteiger partial charge is 0.450 e. The van der Waals surface area contributed by atoms with Crippen LogP contribution in [0.5, 0.6) is 0 Å². The Labute approximate surface area is 156 Å². The Hall–Kier alpha value is -2.05. The number of nitrogens with zero attached hydrogens (tertiary/aromatic N) is 5. The molecule has 0 radical (unpaired) electrons. The summed E-state index contributed by atoms with van der Waals surface area (Å²) in [7, 11) is 0. The summed E-state index contributed by atoms with van der Waals surface area (Å²) in [6.45, 7) is 10.4. The SMILES string of the molecule is CCOC(=O)N1CCN(c2nc(C)cc(N3CCCCC3CC)n2)CC1. The van der Waals surface area contributed by atoms with Gasteiger partial charge in [0.15, 0.2) is 0 Å². The first-order chi connectivity index (χ1) is 12.6. The van der Waals surface area contributed by atoms with Gasteiger partial charge in [-0.3, -0.25) is 0 Å². The molecule has 1 aromatic rings. The third kappa shape index (κ3) is 4.19. The third-order valence-electron chi connectivity index (χ3n) is 5.31. The fourth-order valence-corrected chi connectivity index (χ4v) is 3.86. The molecule has 144 valence electrons. The minimum atomic E-state index is -0.225. The molecule has 1 amide bonds. The Balaban J connectivity index is 1.71. The molecule has 1 aromatic heterocycles. The minimum Gasteiger partial charge on any atom is -0.450 e. The topological polar surface area (TPSA) is 61.8 Å². The van der Waals surface area contributed by atoms with Gasteiger partial charge in [0.25, 0.3) is 0 Å². The van der Waals surface area contributed by atoms with Crippen LogP contribution in [-0.4, -0.2) is 66.3 Å². The zero-order chi connectivity index (χ0) is 18.5. The molecule has 0 N–H and O–H groups in total. The molecule has 0 spiro atoms. The molecule has 0 aromatic carbocycles. The van der Waals surface area contributed by atoms with Crippen molar-refractivity contribution < 1.29 is 9.53 Å². The first-order valence-corrected chi connectivity index (χ1v) is 9.91. The second kappa shape index (κ2) is 8.56. The van der Waals surface area contributed by atoms with Crippen LogP contribution in [0, 0.1) is 6.92 Å². The number of ether oxygens (including phenoxy) is 1. The molecule has 2 fully saturated rings. The number of aromatic nitrogens is 2. The first-order valence-electron chi connectivity index (χ1n) is 9.91. The van der Waals surface area contributed by atoms with Gasteiger partial charge < -0.3 is 19.4 Å². The molecule has 0 bridgehead atoms. The molecule has 7 heteroatoms. The van der Waals surface area contributed by atoms with E-state index in [0.29, 0.717) is 25.7 Å². The zero-order valence-electron chi connectivity index (χ0n) is 16.3. The van der Waals surface area contributed by atoms with Gasteiger partial charge in [0.1, 0.15) is 5.82 Å². The summed E-state index contributed by atoms with van der Waals surface area (Å²) in [4.78, 5) is 27.8. The Morgan fingerprint density at radius 3 is 2.62 bits per heavy atom. The van der Waals surface area contributed by atoms with Gasteiger partial charge in [-0.15, -0.1) is 0 Å². The second-order valence-electron chi connectivity index (χ2n) is 7.09. The quantitative estimate of drug-likeness (QED) is 0.822. The van der Waals surface area contributed by atoms with E-state index in [4.69, 9.17) is 9.72 Å². The van der Waals surface area contributed by atoms with E-state index >= 15 is 0 Å². The number of hydrogen-bond acceptors (Lipinski definition) is 6. The highest BCUT2D eigenvalue weighted by Crippen LogP contribution is 2.27. The molecular formula is C19H31N5O2. The maximum atomic E-state index is 11.9. The van der Waals surface area contributed by atoms with Gasteiger partial charge in [-0.05, 0) is 39.5 Å². The fourth-order valence-electron chi connectivity index (χ4n) is 3.86. The highest BCUT2D eigenvalue weighted by Gasteiger charge is 2.26. The maximum Gasteiger partial charge on any atom is 0.409 e. The van der Waals surface area contributed by atoms with Crippen LogP contribution in [0.25, 0.3) is 0 Å². The van der Waals surface area contributed by atoms with Crippen LogP contribution >= 0.6 is 0 Å². The number of aryl methyl sites for hydroxylation is 1. The van der Waals surface area contributed by atoms with Gasteiger partial charge in [0, 0.05) is 50.5 Å². The number of anilines is 2. The molecule has 3 heterocycles. The summed E-state index contributed by atoms with van der Waals surface area (Å²) in [6.07, 6.45) is 4.70. The van der Waals surface area contributed by atoms with E-state index in [9.17, 15) is 4.79 Å².